The van der Waals surface area contributed by atoms with Crippen LogP contribution in [-0.2, 0) is 0 Å². The third-order valence-electron chi connectivity index (χ3n) is 5.90. The van der Waals surface area contributed by atoms with Crippen molar-refractivity contribution in [2.24, 2.45) is 5.92 Å². The highest BCUT2D eigenvalue weighted by Gasteiger charge is 2.42. The van der Waals surface area contributed by atoms with Crippen molar-refractivity contribution < 1.29 is 14.3 Å². The van der Waals surface area contributed by atoms with Gasteiger partial charge in [0.1, 0.15) is 5.69 Å². The Bertz CT molecular complexity index is 1120. The van der Waals surface area contributed by atoms with Crippen LogP contribution in [0.3, 0.4) is 0 Å². The fourth-order valence-electron chi connectivity index (χ4n) is 4.22. The van der Waals surface area contributed by atoms with Crippen LogP contribution in [0.2, 0.25) is 5.02 Å². The topological polar surface area (TPSA) is 67.5 Å². The zero-order valence-electron chi connectivity index (χ0n) is 19.5. The average Bonchev–Trinajstić information content (AvgIpc) is 3.34. The smallest absolute Gasteiger partial charge is 0.273 e. The molecule has 1 aliphatic heterocycles. The molecule has 1 aromatic heterocycles. The molecular formula is C26H30ClN3O3. The lowest BCUT2D eigenvalue weighted by Gasteiger charge is -2.26. The zero-order valence-corrected chi connectivity index (χ0v) is 20.3. The van der Waals surface area contributed by atoms with Crippen molar-refractivity contribution >= 4 is 17.5 Å². The van der Waals surface area contributed by atoms with Crippen LogP contribution in [0.25, 0.3) is 11.3 Å². The summed E-state index contributed by atoms with van der Waals surface area (Å²) < 4.78 is 11.6. The lowest BCUT2D eigenvalue weighted by molar-refractivity contribution is 0.0743. The van der Waals surface area contributed by atoms with Gasteiger partial charge in [-0.2, -0.15) is 5.10 Å². The van der Waals surface area contributed by atoms with Crippen LogP contribution < -0.4 is 9.47 Å². The molecule has 174 valence electrons. The molecule has 1 unspecified atom stereocenters. The molecule has 4 rings (SSSR count). The molecule has 0 saturated carbocycles. The summed E-state index contributed by atoms with van der Waals surface area (Å²) >= 11 is 6.09. The maximum Gasteiger partial charge on any atom is 0.273 e. The van der Waals surface area contributed by atoms with Crippen LogP contribution in [0.5, 0.6) is 11.5 Å². The van der Waals surface area contributed by atoms with Gasteiger partial charge in [-0.3, -0.25) is 9.89 Å². The zero-order chi connectivity index (χ0) is 23.5. The Balaban J connectivity index is 1.75. The van der Waals surface area contributed by atoms with Gasteiger partial charge in [0.05, 0.1) is 25.5 Å². The molecule has 1 amide bonds. The molecular weight excluding hydrogens is 438 g/mol. The van der Waals surface area contributed by atoms with Crippen LogP contribution >= 0.6 is 11.6 Å². The number of benzene rings is 2. The van der Waals surface area contributed by atoms with Crippen LogP contribution in [0.1, 0.15) is 61.3 Å². The Morgan fingerprint density at radius 2 is 1.91 bits per heavy atom. The molecule has 2 aromatic carbocycles. The third kappa shape index (κ3) is 4.58. The van der Waals surface area contributed by atoms with Crippen LogP contribution in [0.4, 0.5) is 0 Å². The summed E-state index contributed by atoms with van der Waals surface area (Å²) in [7, 11) is 1.64. The highest BCUT2D eigenvalue weighted by atomic mass is 35.5. The fourth-order valence-corrected chi connectivity index (χ4v) is 4.35. The third-order valence-corrected chi connectivity index (χ3v) is 6.15. The Hall–Kier alpha value is -2.99. The second-order valence-electron chi connectivity index (χ2n) is 8.71. The molecule has 0 aliphatic carbocycles. The van der Waals surface area contributed by atoms with Gasteiger partial charge in [0.2, 0.25) is 0 Å². The summed E-state index contributed by atoms with van der Waals surface area (Å²) in [5, 5.41) is 8.15. The lowest BCUT2D eigenvalue weighted by Crippen LogP contribution is -2.30. The number of carbonyl (C=O) groups excluding carboxylic acids is 1. The fraction of sp³-hybridized carbons (Fsp3) is 0.385. The van der Waals surface area contributed by atoms with Gasteiger partial charge in [-0.15, -0.1) is 0 Å². The number of aromatic amines is 1. The summed E-state index contributed by atoms with van der Waals surface area (Å²) in [5.41, 5.74) is 4.05. The number of H-pyrrole nitrogens is 1. The molecule has 3 aromatic rings. The van der Waals surface area contributed by atoms with Gasteiger partial charge < -0.3 is 14.4 Å². The maximum absolute atomic E-state index is 13.3. The largest absolute Gasteiger partial charge is 0.493 e. The van der Waals surface area contributed by atoms with Gasteiger partial charge >= 0.3 is 0 Å². The summed E-state index contributed by atoms with van der Waals surface area (Å²) in [6.45, 7) is 7.68. The normalized spacial score (nSPS) is 15.3. The monoisotopic (exact) mass is 467 g/mol. The molecule has 0 saturated heterocycles. The summed E-state index contributed by atoms with van der Waals surface area (Å²) in [4.78, 5) is 15.2. The minimum atomic E-state index is -0.268. The molecule has 0 fully saturated rings. The quantitative estimate of drug-likeness (QED) is 0.411. The summed E-state index contributed by atoms with van der Waals surface area (Å²) in [6.07, 6.45) is 1.82. The number of ether oxygens (including phenoxy) is 2. The number of hydrogen-bond donors (Lipinski definition) is 1. The predicted molar refractivity (Wildman–Crippen MR) is 130 cm³/mol. The molecule has 0 spiro atoms. The van der Waals surface area contributed by atoms with E-state index in [0.717, 1.165) is 35.2 Å². The molecule has 7 heteroatoms. The SMILES string of the molecule is CCCN1C(=O)c2[nH]nc(-c3ccc(Cl)cc3)c2C1c1ccc(OCCC(C)C)c(OC)c1. The van der Waals surface area contributed by atoms with E-state index in [0.29, 0.717) is 41.3 Å². The van der Waals surface area contributed by atoms with E-state index in [4.69, 9.17) is 21.1 Å². The number of nitrogens with zero attached hydrogens (tertiary/aromatic N) is 2. The number of halogens is 1. The molecule has 0 radical (unpaired) electrons. The van der Waals surface area contributed by atoms with Crippen LogP contribution in [-0.4, -0.2) is 41.3 Å². The number of rotatable bonds is 9. The number of aromatic nitrogens is 2. The van der Waals surface area contributed by atoms with Gasteiger partial charge in [0, 0.05) is 22.7 Å². The first-order valence-electron chi connectivity index (χ1n) is 11.4. The van der Waals surface area contributed by atoms with Gasteiger partial charge in [0.25, 0.3) is 5.91 Å². The second-order valence-corrected chi connectivity index (χ2v) is 9.15. The summed E-state index contributed by atoms with van der Waals surface area (Å²) in [6, 6.07) is 13.2. The first-order valence-corrected chi connectivity index (χ1v) is 11.8. The minimum absolute atomic E-state index is 0.0409. The first kappa shape index (κ1) is 23.2. The summed E-state index contributed by atoms with van der Waals surface area (Å²) in [5.74, 6) is 1.89. The highest BCUT2D eigenvalue weighted by Crippen LogP contribution is 2.44. The standard InChI is InChI=1S/C26H30ClN3O3/c1-5-13-30-25(18-8-11-20(21(15-18)32-4)33-14-12-16(2)3)22-23(28-29-24(22)26(30)31)17-6-9-19(27)10-7-17/h6-11,15-16,25H,5,12-14H2,1-4H3,(H,28,29). The Kier molecular flexibility index (Phi) is 6.94. The number of methoxy groups -OCH3 is 1. The van der Waals surface area contributed by atoms with E-state index in [-0.39, 0.29) is 11.9 Å². The number of hydrogen-bond acceptors (Lipinski definition) is 4. The van der Waals surface area contributed by atoms with Gasteiger partial charge in [-0.25, -0.2) is 0 Å². The van der Waals surface area contributed by atoms with Crippen molar-refractivity contribution in [3.8, 4) is 22.8 Å². The number of carbonyl (C=O) groups is 1. The van der Waals surface area contributed by atoms with E-state index in [1.54, 1.807) is 7.11 Å². The molecule has 1 N–H and O–H groups in total. The van der Waals surface area contributed by atoms with Crippen LogP contribution in [0.15, 0.2) is 42.5 Å². The van der Waals surface area contributed by atoms with E-state index in [1.165, 1.54) is 0 Å². The van der Waals surface area contributed by atoms with E-state index in [9.17, 15) is 4.79 Å². The Morgan fingerprint density at radius 1 is 1.15 bits per heavy atom. The maximum atomic E-state index is 13.3. The van der Waals surface area contributed by atoms with Gasteiger partial charge in [-0.05, 0) is 48.6 Å². The average molecular weight is 468 g/mol. The second kappa shape index (κ2) is 9.87. The predicted octanol–water partition coefficient (Wildman–Crippen LogP) is 6.12. The molecule has 33 heavy (non-hydrogen) atoms. The van der Waals surface area contributed by atoms with Crippen molar-refractivity contribution in [1.29, 1.82) is 0 Å². The molecule has 0 bridgehead atoms. The molecule has 6 nitrogen and oxygen atoms in total. The lowest BCUT2D eigenvalue weighted by atomic mass is 9.95. The van der Waals surface area contributed by atoms with Crippen molar-refractivity contribution in [2.45, 2.75) is 39.7 Å². The van der Waals surface area contributed by atoms with Crippen LogP contribution in [0, 0.1) is 5.92 Å². The van der Waals surface area contributed by atoms with Crippen molar-refractivity contribution in [2.75, 3.05) is 20.3 Å². The van der Waals surface area contributed by atoms with E-state index in [1.807, 2.05) is 47.4 Å². The van der Waals surface area contributed by atoms with Crippen molar-refractivity contribution in [3.63, 3.8) is 0 Å². The number of fused-ring (bicyclic) bond motifs is 1. The molecule has 1 atom stereocenters. The van der Waals surface area contributed by atoms with Gasteiger partial charge in [0.15, 0.2) is 11.5 Å². The highest BCUT2D eigenvalue weighted by molar-refractivity contribution is 6.30. The van der Waals surface area contributed by atoms with E-state index in [2.05, 4.69) is 31.0 Å². The first-order chi connectivity index (χ1) is 15.9. The van der Waals surface area contributed by atoms with Gasteiger partial charge in [-0.1, -0.05) is 50.6 Å². The molecule has 1 aliphatic rings. The number of amides is 1. The number of nitrogens with one attached hydrogen (secondary N) is 1. The van der Waals surface area contributed by atoms with Crippen molar-refractivity contribution in [3.05, 3.63) is 64.3 Å². The minimum Gasteiger partial charge on any atom is -0.493 e. The van der Waals surface area contributed by atoms with E-state index < -0.39 is 0 Å². The Labute approximate surface area is 199 Å². The van der Waals surface area contributed by atoms with E-state index >= 15 is 0 Å². The van der Waals surface area contributed by atoms with Crippen molar-refractivity contribution in [1.82, 2.24) is 15.1 Å². The molecule has 2 heterocycles. The Morgan fingerprint density at radius 3 is 2.58 bits per heavy atom.